The van der Waals surface area contributed by atoms with E-state index in [0.29, 0.717) is 17.3 Å². The normalized spacial score (nSPS) is 22.0. The topological polar surface area (TPSA) is 66.5 Å². The van der Waals surface area contributed by atoms with Crippen molar-refractivity contribution in [2.45, 2.75) is 44.9 Å². The van der Waals surface area contributed by atoms with Gasteiger partial charge in [-0.1, -0.05) is 36.4 Å². The summed E-state index contributed by atoms with van der Waals surface area (Å²) in [6, 6.07) is 15.7. The Bertz CT molecular complexity index is 907. The van der Waals surface area contributed by atoms with E-state index < -0.39 is 0 Å². The first-order valence-electron chi connectivity index (χ1n) is 9.85. The summed E-state index contributed by atoms with van der Waals surface area (Å²) in [6.45, 7) is 1.91. The van der Waals surface area contributed by atoms with E-state index in [1.54, 1.807) is 12.1 Å². The monoisotopic (exact) mass is 376 g/mol. The fourth-order valence-electron chi connectivity index (χ4n) is 4.23. The molecule has 2 aromatic rings. The van der Waals surface area contributed by atoms with Crippen LogP contribution >= 0.6 is 0 Å². The van der Waals surface area contributed by atoms with Crippen LogP contribution in [0, 0.1) is 12.8 Å². The quantitative estimate of drug-likeness (QED) is 0.815. The van der Waals surface area contributed by atoms with Gasteiger partial charge >= 0.3 is 0 Å². The van der Waals surface area contributed by atoms with E-state index in [1.807, 2.05) is 31.2 Å². The number of anilines is 2. The van der Waals surface area contributed by atoms with Crippen LogP contribution in [-0.2, 0) is 14.4 Å². The van der Waals surface area contributed by atoms with Crippen molar-refractivity contribution in [1.82, 2.24) is 0 Å². The third-order valence-electron chi connectivity index (χ3n) is 5.86. The van der Waals surface area contributed by atoms with Gasteiger partial charge in [-0.05, 0) is 55.4 Å². The minimum absolute atomic E-state index is 0.0118. The molecule has 3 amide bonds. The Morgan fingerprint density at radius 1 is 1.00 bits per heavy atom. The van der Waals surface area contributed by atoms with Crippen LogP contribution in [0.25, 0.3) is 0 Å². The molecule has 0 aromatic heterocycles. The number of hydrogen-bond donors (Lipinski definition) is 1. The molecule has 1 heterocycles. The molecule has 1 aliphatic carbocycles. The highest BCUT2D eigenvalue weighted by Crippen LogP contribution is 2.39. The highest BCUT2D eigenvalue weighted by atomic mass is 16.2. The van der Waals surface area contributed by atoms with Crippen molar-refractivity contribution in [3.63, 3.8) is 0 Å². The molecule has 1 aliphatic heterocycles. The van der Waals surface area contributed by atoms with Crippen LogP contribution in [0.15, 0.2) is 48.5 Å². The number of carbonyl (C=O) groups is 3. The molecule has 2 fully saturated rings. The second kappa shape index (κ2) is 7.58. The molecule has 2 aromatic carbocycles. The summed E-state index contributed by atoms with van der Waals surface area (Å²) in [4.78, 5) is 38.1. The molecule has 4 rings (SSSR count). The molecule has 0 bridgehead atoms. The third-order valence-corrected chi connectivity index (χ3v) is 5.86. The summed E-state index contributed by atoms with van der Waals surface area (Å²) in [5.74, 6) is 0.0329. The van der Waals surface area contributed by atoms with Crippen molar-refractivity contribution in [1.29, 1.82) is 0 Å². The van der Waals surface area contributed by atoms with E-state index >= 15 is 0 Å². The van der Waals surface area contributed by atoms with Crippen LogP contribution in [0.5, 0.6) is 0 Å². The minimum atomic E-state index is -0.187. The summed E-state index contributed by atoms with van der Waals surface area (Å²) in [5, 5.41) is 3.03. The first-order valence-corrected chi connectivity index (χ1v) is 9.85. The Balaban J connectivity index is 1.47. The van der Waals surface area contributed by atoms with Gasteiger partial charge in [0, 0.05) is 24.4 Å². The van der Waals surface area contributed by atoms with E-state index in [0.717, 1.165) is 24.8 Å². The summed E-state index contributed by atoms with van der Waals surface area (Å²) in [7, 11) is 0. The molecule has 0 radical (unpaired) electrons. The number of nitrogens with one attached hydrogen (secondary N) is 1. The molecule has 2 atom stereocenters. The second-order valence-corrected chi connectivity index (χ2v) is 7.73. The van der Waals surface area contributed by atoms with Gasteiger partial charge in [-0.15, -0.1) is 0 Å². The molecule has 1 saturated carbocycles. The first-order chi connectivity index (χ1) is 13.5. The Hall–Kier alpha value is -2.95. The van der Waals surface area contributed by atoms with E-state index in [4.69, 9.17) is 0 Å². The summed E-state index contributed by atoms with van der Waals surface area (Å²) in [5.41, 5.74) is 3.40. The number of rotatable bonds is 4. The van der Waals surface area contributed by atoms with Gasteiger partial charge in [0.15, 0.2) is 0 Å². The van der Waals surface area contributed by atoms with Gasteiger partial charge in [0.2, 0.25) is 17.7 Å². The van der Waals surface area contributed by atoms with Crippen LogP contribution in [0.1, 0.15) is 49.1 Å². The smallest absolute Gasteiger partial charge is 0.234 e. The van der Waals surface area contributed by atoms with Crippen LogP contribution in [0.2, 0.25) is 0 Å². The molecular weight excluding hydrogens is 352 g/mol. The van der Waals surface area contributed by atoms with Gasteiger partial charge in [0.25, 0.3) is 0 Å². The van der Waals surface area contributed by atoms with Gasteiger partial charge < -0.3 is 5.32 Å². The second-order valence-electron chi connectivity index (χ2n) is 7.73. The highest BCUT2D eigenvalue weighted by molar-refractivity contribution is 6.20. The molecule has 28 heavy (non-hydrogen) atoms. The summed E-state index contributed by atoms with van der Waals surface area (Å²) >= 11 is 0. The van der Waals surface area contributed by atoms with E-state index in [1.165, 1.54) is 10.5 Å². The van der Waals surface area contributed by atoms with Crippen molar-refractivity contribution < 1.29 is 14.4 Å². The lowest BCUT2D eigenvalue weighted by Gasteiger charge is -2.18. The number of carbonyl (C=O) groups excluding carboxylic acids is 3. The molecule has 0 unspecified atom stereocenters. The Kier molecular flexibility index (Phi) is 4.99. The van der Waals surface area contributed by atoms with Gasteiger partial charge in [-0.3, -0.25) is 19.3 Å². The molecule has 5 heteroatoms. The third kappa shape index (κ3) is 3.57. The van der Waals surface area contributed by atoms with E-state index in [-0.39, 0.29) is 36.5 Å². The standard InChI is InChI=1S/C23H24N2O3/c1-15-7-10-19(25-21(26)11-12-22(25)27)14-20(15)24-23(28)18-9-8-17(13-18)16-5-3-2-4-6-16/h2-7,10,14,17-18H,8-9,11-13H2,1H3,(H,24,28)/t17-,18-/m1/s1. The number of hydrogen-bond acceptors (Lipinski definition) is 3. The van der Waals surface area contributed by atoms with Crippen LogP contribution in [0.3, 0.4) is 0 Å². The fourth-order valence-corrected chi connectivity index (χ4v) is 4.23. The maximum absolute atomic E-state index is 12.8. The number of amides is 3. The van der Waals surface area contributed by atoms with Crippen molar-refractivity contribution >= 4 is 29.1 Å². The Labute approximate surface area is 164 Å². The van der Waals surface area contributed by atoms with Crippen LogP contribution in [0.4, 0.5) is 11.4 Å². The van der Waals surface area contributed by atoms with Crippen molar-refractivity contribution in [3.8, 4) is 0 Å². The van der Waals surface area contributed by atoms with Crippen molar-refractivity contribution in [3.05, 3.63) is 59.7 Å². The number of imide groups is 1. The van der Waals surface area contributed by atoms with Crippen molar-refractivity contribution in [2.24, 2.45) is 5.92 Å². The number of nitrogens with zero attached hydrogens (tertiary/aromatic N) is 1. The number of aryl methyl sites for hydroxylation is 1. The first kappa shape index (κ1) is 18.4. The van der Waals surface area contributed by atoms with Gasteiger partial charge in [-0.2, -0.15) is 0 Å². The highest BCUT2D eigenvalue weighted by Gasteiger charge is 2.32. The zero-order valence-electron chi connectivity index (χ0n) is 16.0. The van der Waals surface area contributed by atoms with Crippen LogP contribution < -0.4 is 10.2 Å². The zero-order valence-corrected chi connectivity index (χ0v) is 16.0. The molecule has 144 valence electrons. The van der Waals surface area contributed by atoms with E-state index in [9.17, 15) is 14.4 Å². The Morgan fingerprint density at radius 2 is 1.71 bits per heavy atom. The molecule has 0 spiro atoms. The lowest BCUT2D eigenvalue weighted by Crippen LogP contribution is -2.29. The molecular formula is C23H24N2O3. The van der Waals surface area contributed by atoms with Gasteiger partial charge in [0.1, 0.15) is 0 Å². The van der Waals surface area contributed by atoms with E-state index in [2.05, 4.69) is 17.4 Å². The van der Waals surface area contributed by atoms with Crippen molar-refractivity contribution in [2.75, 3.05) is 10.2 Å². The average Bonchev–Trinajstić information content (AvgIpc) is 3.32. The summed E-state index contributed by atoms with van der Waals surface area (Å²) < 4.78 is 0. The predicted octanol–water partition coefficient (Wildman–Crippen LogP) is 4.17. The molecule has 5 nitrogen and oxygen atoms in total. The molecule has 1 saturated heterocycles. The summed E-state index contributed by atoms with van der Waals surface area (Å²) in [6.07, 6.45) is 3.22. The maximum atomic E-state index is 12.8. The number of benzene rings is 2. The average molecular weight is 376 g/mol. The SMILES string of the molecule is Cc1ccc(N2C(=O)CCC2=O)cc1NC(=O)[C@@H]1CC[C@@H](c2ccccc2)C1. The lowest BCUT2D eigenvalue weighted by atomic mass is 9.96. The lowest BCUT2D eigenvalue weighted by molar-refractivity contribution is -0.121. The molecule has 2 aliphatic rings. The Morgan fingerprint density at radius 3 is 2.43 bits per heavy atom. The van der Waals surface area contributed by atoms with Gasteiger partial charge in [-0.25, -0.2) is 0 Å². The largest absolute Gasteiger partial charge is 0.326 e. The molecule has 1 N–H and O–H groups in total. The minimum Gasteiger partial charge on any atom is -0.326 e. The fraction of sp³-hybridized carbons (Fsp3) is 0.348. The predicted molar refractivity (Wildman–Crippen MR) is 108 cm³/mol. The van der Waals surface area contributed by atoms with Crippen LogP contribution in [-0.4, -0.2) is 17.7 Å². The van der Waals surface area contributed by atoms with Gasteiger partial charge in [0.05, 0.1) is 5.69 Å². The maximum Gasteiger partial charge on any atom is 0.234 e. The zero-order chi connectivity index (χ0) is 19.7.